The molecule has 0 saturated carbocycles. The Balaban J connectivity index is 1.81. The van der Waals surface area contributed by atoms with Crippen LogP contribution in [0.1, 0.15) is 30.4 Å². The molecule has 3 rings (SSSR count). The van der Waals surface area contributed by atoms with Gasteiger partial charge in [-0.25, -0.2) is 9.86 Å². The van der Waals surface area contributed by atoms with Crippen LogP contribution < -0.4 is 5.73 Å². The van der Waals surface area contributed by atoms with E-state index in [4.69, 9.17) is 10.6 Å². The standard InChI is InChI=1S/C15H18N2O4/c1-8-12(16)14(18)17(8)21-13(15(19)20)11-7-6-9-4-2-3-5-10(9)11/h2-5,8,11-13H,6-7,16H2,1H3,(H,19,20)/t8?,11?,12?,13-/m0/s1. The van der Waals surface area contributed by atoms with E-state index in [1.54, 1.807) is 6.92 Å². The zero-order valence-electron chi connectivity index (χ0n) is 11.7. The first-order valence-corrected chi connectivity index (χ1v) is 7.06. The maximum atomic E-state index is 11.7. The minimum Gasteiger partial charge on any atom is -0.479 e. The fourth-order valence-electron chi connectivity index (χ4n) is 3.08. The Morgan fingerprint density at radius 3 is 2.86 bits per heavy atom. The van der Waals surface area contributed by atoms with Crippen LogP contribution in [0.4, 0.5) is 0 Å². The summed E-state index contributed by atoms with van der Waals surface area (Å²) >= 11 is 0. The normalized spacial score (nSPS) is 29.0. The lowest BCUT2D eigenvalue weighted by molar-refractivity contribution is -0.253. The highest BCUT2D eigenvalue weighted by atomic mass is 16.7. The number of fused-ring (bicyclic) bond motifs is 1. The lowest BCUT2D eigenvalue weighted by Crippen LogP contribution is -2.68. The van der Waals surface area contributed by atoms with Crippen molar-refractivity contribution in [2.24, 2.45) is 5.73 Å². The summed E-state index contributed by atoms with van der Waals surface area (Å²) < 4.78 is 0. The minimum absolute atomic E-state index is 0.240. The van der Waals surface area contributed by atoms with Gasteiger partial charge < -0.3 is 10.8 Å². The van der Waals surface area contributed by atoms with Gasteiger partial charge in [0.2, 0.25) is 0 Å². The Kier molecular flexibility index (Phi) is 3.43. The summed E-state index contributed by atoms with van der Waals surface area (Å²) in [6, 6.07) is 6.87. The first kappa shape index (κ1) is 14.0. The van der Waals surface area contributed by atoms with Crippen LogP contribution in [0.2, 0.25) is 0 Å². The Hall–Kier alpha value is -1.92. The monoisotopic (exact) mass is 290 g/mol. The second kappa shape index (κ2) is 5.13. The van der Waals surface area contributed by atoms with Crippen molar-refractivity contribution < 1.29 is 19.5 Å². The van der Waals surface area contributed by atoms with Crippen molar-refractivity contribution in [1.82, 2.24) is 5.06 Å². The number of carbonyl (C=O) groups is 2. The number of amides is 1. The number of hydrogen-bond donors (Lipinski definition) is 2. The van der Waals surface area contributed by atoms with E-state index >= 15 is 0 Å². The van der Waals surface area contributed by atoms with Crippen LogP contribution in [-0.2, 0) is 20.8 Å². The maximum absolute atomic E-state index is 11.7. The highest BCUT2D eigenvalue weighted by Gasteiger charge is 2.47. The van der Waals surface area contributed by atoms with Crippen molar-refractivity contribution in [3.63, 3.8) is 0 Å². The number of carbonyl (C=O) groups excluding carboxylic acids is 1. The summed E-state index contributed by atoms with van der Waals surface area (Å²) in [6.45, 7) is 1.74. The largest absolute Gasteiger partial charge is 0.479 e. The number of nitrogens with zero attached hydrogens (tertiary/aromatic N) is 1. The number of rotatable bonds is 4. The van der Waals surface area contributed by atoms with Crippen LogP contribution in [0, 0.1) is 0 Å². The molecular formula is C15H18N2O4. The number of hydrogen-bond acceptors (Lipinski definition) is 4. The van der Waals surface area contributed by atoms with E-state index in [-0.39, 0.29) is 17.9 Å². The summed E-state index contributed by atoms with van der Waals surface area (Å²) in [5.74, 6) is -1.66. The Bertz CT molecular complexity index is 589. The van der Waals surface area contributed by atoms with Gasteiger partial charge in [-0.15, -0.1) is 0 Å². The van der Waals surface area contributed by atoms with Crippen LogP contribution >= 0.6 is 0 Å². The van der Waals surface area contributed by atoms with Gasteiger partial charge in [-0.2, -0.15) is 0 Å². The number of aryl methyl sites for hydroxylation is 1. The molecular weight excluding hydrogens is 272 g/mol. The third-order valence-corrected chi connectivity index (χ3v) is 4.41. The lowest BCUT2D eigenvalue weighted by atomic mass is 9.95. The van der Waals surface area contributed by atoms with E-state index in [1.807, 2.05) is 24.3 Å². The van der Waals surface area contributed by atoms with Crippen LogP contribution in [-0.4, -0.2) is 40.2 Å². The molecule has 1 aliphatic heterocycles. The van der Waals surface area contributed by atoms with Crippen LogP contribution in [0.15, 0.2) is 24.3 Å². The van der Waals surface area contributed by atoms with Crippen molar-refractivity contribution in [1.29, 1.82) is 0 Å². The van der Waals surface area contributed by atoms with E-state index in [9.17, 15) is 14.7 Å². The van der Waals surface area contributed by atoms with Crippen molar-refractivity contribution in [2.75, 3.05) is 0 Å². The van der Waals surface area contributed by atoms with E-state index < -0.39 is 18.1 Å². The van der Waals surface area contributed by atoms with E-state index in [1.165, 1.54) is 0 Å². The second-order valence-corrected chi connectivity index (χ2v) is 5.64. The predicted octanol–water partition coefficient (Wildman–Crippen LogP) is 0.659. The Morgan fingerprint density at radius 2 is 2.19 bits per heavy atom. The Labute approximate surface area is 122 Å². The quantitative estimate of drug-likeness (QED) is 0.795. The number of carboxylic acids is 1. The van der Waals surface area contributed by atoms with Gasteiger partial charge in [0.05, 0.1) is 6.04 Å². The van der Waals surface area contributed by atoms with Gasteiger partial charge in [0, 0.05) is 5.92 Å². The molecule has 0 radical (unpaired) electrons. The molecule has 1 fully saturated rings. The minimum atomic E-state index is -1.06. The van der Waals surface area contributed by atoms with Gasteiger partial charge in [0.1, 0.15) is 6.04 Å². The van der Waals surface area contributed by atoms with E-state index in [0.717, 1.165) is 22.6 Å². The molecule has 1 saturated heterocycles. The Morgan fingerprint density at radius 1 is 1.48 bits per heavy atom. The molecule has 6 nitrogen and oxygen atoms in total. The molecule has 3 N–H and O–H groups in total. The first-order chi connectivity index (χ1) is 10.0. The third-order valence-electron chi connectivity index (χ3n) is 4.41. The molecule has 3 unspecified atom stereocenters. The molecule has 0 aromatic heterocycles. The number of carboxylic acid groups (broad SMARTS) is 1. The topological polar surface area (TPSA) is 92.9 Å². The lowest BCUT2D eigenvalue weighted by Gasteiger charge is -2.43. The van der Waals surface area contributed by atoms with Crippen LogP contribution in [0.25, 0.3) is 0 Å². The summed E-state index contributed by atoms with van der Waals surface area (Å²) in [5, 5.41) is 10.6. The van der Waals surface area contributed by atoms with Crippen molar-refractivity contribution in [2.45, 2.75) is 43.9 Å². The number of nitrogens with two attached hydrogens (primary N) is 1. The summed E-state index contributed by atoms with van der Waals surface area (Å²) in [4.78, 5) is 28.7. The molecule has 2 aliphatic rings. The van der Waals surface area contributed by atoms with Gasteiger partial charge in [-0.3, -0.25) is 9.63 Å². The molecule has 1 amide bonds. The highest BCUT2D eigenvalue weighted by Crippen LogP contribution is 2.37. The zero-order chi connectivity index (χ0) is 15.1. The van der Waals surface area contributed by atoms with Gasteiger partial charge in [-0.05, 0) is 30.9 Å². The predicted molar refractivity (Wildman–Crippen MR) is 74.3 cm³/mol. The number of β-lactam (4-membered cyclic amide) rings is 1. The third kappa shape index (κ3) is 2.20. The zero-order valence-corrected chi connectivity index (χ0v) is 11.7. The fourth-order valence-corrected chi connectivity index (χ4v) is 3.08. The van der Waals surface area contributed by atoms with E-state index in [0.29, 0.717) is 6.42 Å². The van der Waals surface area contributed by atoms with Crippen molar-refractivity contribution in [3.05, 3.63) is 35.4 Å². The van der Waals surface area contributed by atoms with Gasteiger partial charge in [-0.1, -0.05) is 24.3 Å². The first-order valence-electron chi connectivity index (χ1n) is 7.06. The SMILES string of the molecule is CC1C(N)C(=O)N1O[C@H](C(=O)O)C1CCc2ccccc21. The highest BCUT2D eigenvalue weighted by molar-refractivity contribution is 5.88. The molecule has 6 heteroatoms. The molecule has 1 aromatic carbocycles. The molecule has 4 atom stereocenters. The molecule has 0 spiro atoms. The van der Waals surface area contributed by atoms with Crippen LogP contribution in [0.3, 0.4) is 0 Å². The van der Waals surface area contributed by atoms with Gasteiger partial charge in [0.25, 0.3) is 5.91 Å². The molecule has 112 valence electrons. The summed E-state index contributed by atoms with van der Waals surface area (Å²) in [6.07, 6.45) is 0.475. The van der Waals surface area contributed by atoms with Crippen LogP contribution in [0.5, 0.6) is 0 Å². The molecule has 0 bridgehead atoms. The van der Waals surface area contributed by atoms with Crippen molar-refractivity contribution >= 4 is 11.9 Å². The fraction of sp³-hybridized carbons (Fsp3) is 0.467. The summed E-state index contributed by atoms with van der Waals surface area (Å²) in [7, 11) is 0. The average Bonchev–Trinajstić information content (AvgIpc) is 2.90. The molecule has 21 heavy (non-hydrogen) atoms. The maximum Gasteiger partial charge on any atom is 0.336 e. The van der Waals surface area contributed by atoms with Crippen molar-refractivity contribution in [3.8, 4) is 0 Å². The number of benzene rings is 1. The second-order valence-electron chi connectivity index (χ2n) is 5.64. The van der Waals surface area contributed by atoms with Gasteiger partial charge >= 0.3 is 5.97 Å². The molecule has 1 aliphatic carbocycles. The summed E-state index contributed by atoms with van der Waals surface area (Å²) in [5.41, 5.74) is 7.76. The molecule has 1 heterocycles. The number of aliphatic carboxylic acids is 1. The van der Waals surface area contributed by atoms with Gasteiger partial charge in [0.15, 0.2) is 6.10 Å². The number of hydroxylamine groups is 2. The average molecular weight is 290 g/mol. The smallest absolute Gasteiger partial charge is 0.336 e. The van der Waals surface area contributed by atoms with E-state index in [2.05, 4.69) is 0 Å². The molecule has 1 aromatic rings.